The second-order valence-electron chi connectivity index (χ2n) is 5.58. The minimum Gasteiger partial charge on any atom is -0.391 e. The summed E-state index contributed by atoms with van der Waals surface area (Å²) in [4.78, 5) is 7.96. The fourth-order valence-electron chi connectivity index (χ4n) is 2.45. The van der Waals surface area contributed by atoms with Crippen LogP contribution in [0.1, 0.15) is 40.5 Å². The number of aliphatic hydroxyl groups excluding tert-OH is 1. The van der Waals surface area contributed by atoms with E-state index in [4.69, 9.17) is 4.98 Å². The molecular weight excluding hydrogens is 268 g/mol. The normalized spacial score (nSPS) is 14.6. The molecule has 106 valence electrons. The molecule has 1 aromatic heterocycles. The highest BCUT2D eigenvalue weighted by Gasteiger charge is 2.29. The van der Waals surface area contributed by atoms with Gasteiger partial charge in [0, 0.05) is 19.5 Å². The number of hydrogen-bond donors (Lipinski definition) is 1. The second-order valence-corrected chi connectivity index (χ2v) is 6.64. The van der Waals surface area contributed by atoms with Crippen molar-refractivity contribution in [2.75, 3.05) is 11.9 Å². The molecule has 0 aliphatic heterocycles. The van der Waals surface area contributed by atoms with Gasteiger partial charge in [0.15, 0.2) is 5.13 Å². The molecule has 1 heterocycles. The minimum absolute atomic E-state index is 0.113. The van der Waals surface area contributed by atoms with Gasteiger partial charge in [-0.05, 0) is 25.3 Å². The molecule has 0 atom stereocenters. The first-order valence-corrected chi connectivity index (χ1v) is 7.86. The molecule has 0 unspecified atom stereocenters. The number of nitrogens with zero attached hydrogens (tertiary/aromatic N) is 2. The number of benzene rings is 1. The van der Waals surface area contributed by atoms with Gasteiger partial charge < -0.3 is 10.0 Å². The molecule has 0 spiro atoms. The van der Waals surface area contributed by atoms with Crippen molar-refractivity contribution in [3.63, 3.8) is 0 Å². The fraction of sp³-hybridized carbons (Fsp3) is 0.438. The summed E-state index contributed by atoms with van der Waals surface area (Å²) in [5.41, 5.74) is 3.70. The highest BCUT2D eigenvalue weighted by molar-refractivity contribution is 7.15. The molecule has 1 aromatic carbocycles. The van der Waals surface area contributed by atoms with Crippen molar-refractivity contribution >= 4 is 16.5 Å². The van der Waals surface area contributed by atoms with E-state index in [2.05, 4.69) is 43.1 Å². The Morgan fingerprint density at radius 1 is 1.40 bits per heavy atom. The zero-order valence-corrected chi connectivity index (χ0v) is 12.8. The molecule has 1 N–H and O–H groups in total. The number of hydrogen-bond acceptors (Lipinski definition) is 4. The van der Waals surface area contributed by atoms with Crippen LogP contribution in [-0.2, 0) is 13.2 Å². The van der Waals surface area contributed by atoms with E-state index in [-0.39, 0.29) is 6.61 Å². The molecule has 20 heavy (non-hydrogen) atoms. The van der Waals surface area contributed by atoms with Crippen LogP contribution in [0.5, 0.6) is 0 Å². The summed E-state index contributed by atoms with van der Waals surface area (Å²) in [6.07, 6.45) is 2.44. The van der Waals surface area contributed by atoms with Gasteiger partial charge in [0.1, 0.15) is 0 Å². The maximum atomic E-state index is 9.47. The predicted octanol–water partition coefficient (Wildman–Crippen LogP) is 3.46. The Hall–Kier alpha value is -1.39. The van der Waals surface area contributed by atoms with Crippen molar-refractivity contribution in [1.82, 2.24) is 4.98 Å². The number of aryl methyl sites for hydroxylation is 1. The number of thiazole rings is 1. The average Bonchev–Trinajstić information content (AvgIpc) is 3.17. The minimum atomic E-state index is 0.113. The Bertz CT molecular complexity index is 604. The fourth-order valence-corrected chi connectivity index (χ4v) is 3.42. The Morgan fingerprint density at radius 2 is 2.20 bits per heavy atom. The van der Waals surface area contributed by atoms with Crippen LogP contribution >= 0.6 is 11.3 Å². The molecule has 0 amide bonds. The van der Waals surface area contributed by atoms with Crippen LogP contribution in [-0.4, -0.2) is 17.1 Å². The SMILES string of the molecule is Cc1cccc(CN(C)c2nc(C3CC3)c(CO)s2)c1. The van der Waals surface area contributed by atoms with Crippen molar-refractivity contribution in [1.29, 1.82) is 0 Å². The van der Waals surface area contributed by atoms with E-state index in [1.165, 1.54) is 24.0 Å². The highest BCUT2D eigenvalue weighted by atomic mass is 32.1. The van der Waals surface area contributed by atoms with Crippen LogP contribution < -0.4 is 4.90 Å². The number of aromatic nitrogens is 1. The van der Waals surface area contributed by atoms with Gasteiger partial charge in [-0.25, -0.2) is 4.98 Å². The molecular formula is C16H20N2OS. The standard InChI is InChI=1S/C16H20N2OS/c1-11-4-3-5-12(8-11)9-18(2)16-17-15(13-6-7-13)14(10-19)20-16/h3-5,8,13,19H,6-7,9-10H2,1-2H3. The monoisotopic (exact) mass is 288 g/mol. The van der Waals surface area contributed by atoms with Gasteiger partial charge in [0.05, 0.1) is 17.2 Å². The largest absolute Gasteiger partial charge is 0.391 e. The maximum absolute atomic E-state index is 9.47. The summed E-state index contributed by atoms with van der Waals surface area (Å²) in [7, 11) is 2.07. The Morgan fingerprint density at radius 3 is 2.85 bits per heavy atom. The van der Waals surface area contributed by atoms with Gasteiger partial charge >= 0.3 is 0 Å². The molecule has 1 saturated carbocycles. The number of aliphatic hydroxyl groups is 1. The average molecular weight is 288 g/mol. The van der Waals surface area contributed by atoms with Crippen molar-refractivity contribution in [3.8, 4) is 0 Å². The van der Waals surface area contributed by atoms with E-state index in [1.54, 1.807) is 11.3 Å². The van der Waals surface area contributed by atoms with E-state index >= 15 is 0 Å². The smallest absolute Gasteiger partial charge is 0.185 e. The van der Waals surface area contributed by atoms with Gasteiger partial charge in [-0.3, -0.25) is 0 Å². The second kappa shape index (κ2) is 5.54. The van der Waals surface area contributed by atoms with E-state index in [0.717, 1.165) is 22.2 Å². The lowest BCUT2D eigenvalue weighted by Gasteiger charge is -2.16. The van der Waals surface area contributed by atoms with Crippen LogP contribution in [0.15, 0.2) is 24.3 Å². The van der Waals surface area contributed by atoms with Crippen LogP contribution in [0, 0.1) is 6.92 Å². The molecule has 2 aromatic rings. The molecule has 4 heteroatoms. The topological polar surface area (TPSA) is 36.4 Å². The molecule has 1 fully saturated rings. The van der Waals surface area contributed by atoms with Gasteiger partial charge in [0.25, 0.3) is 0 Å². The summed E-state index contributed by atoms with van der Waals surface area (Å²) in [5.74, 6) is 0.592. The molecule has 1 aliphatic rings. The first-order chi connectivity index (χ1) is 9.67. The van der Waals surface area contributed by atoms with Gasteiger partial charge in [-0.2, -0.15) is 0 Å². The van der Waals surface area contributed by atoms with Crippen LogP contribution in [0.4, 0.5) is 5.13 Å². The lowest BCUT2D eigenvalue weighted by atomic mass is 10.1. The zero-order valence-electron chi connectivity index (χ0n) is 12.0. The first kappa shape index (κ1) is 13.6. The Labute approximate surface area is 123 Å². The van der Waals surface area contributed by atoms with Crippen LogP contribution in [0.2, 0.25) is 0 Å². The van der Waals surface area contributed by atoms with Crippen molar-refractivity contribution in [2.45, 2.75) is 38.8 Å². The Balaban J connectivity index is 1.78. The third kappa shape index (κ3) is 2.86. The van der Waals surface area contributed by atoms with E-state index in [9.17, 15) is 5.11 Å². The molecule has 3 nitrogen and oxygen atoms in total. The summed E-state index contributed by atoms with van der Waals surface area (Å²) in [6.45, 7) is 3.08. The third-order valence-corrected chi connectivity index (χ3v) is 4.82. The first-order valence-electron chi connectivity index (χ1n) is 7.04. The van der Waals surface area contributed by atoms with E-state index in [0.29, 0.717) is 5.92 Å². The van der Waals surface area contributed by atoms with Crippen LogP contribution in [0.25, 0.3) is 0 Å². The highest BCUT2D eigenvalue weighted by Crippen LogP contribution is 2.44. The predicted molar refractivity (Wildman–Crippen MR) is 83.3 cm³/mol. The number of anilines is 1. The molecule has 0 radical (unpaired) electrons. The van der Waals surface area contributed by atoms with Crippen molar-refractivity contribution in [3.05, 3.63) is 46.0 Å². The quantitative estimate of drug-likeness (QED) is 0.915. The third-order valence-electron chi connectivity index (χ3n) is 3.65. The Kier molecular flexibility index (Phi) is 3.76. The molecule has 0 bridgehead atoms. The zero-order chi connectivity index (χ0) is 14.1. The van der Waals surface area contributed by atoms with Crippen molar-refractivity contribution < 1.29 is 5.11 Å². The van der Waals surface area contributed by atoms with Gasteiger partial charge in [-0.15, -0.1) is 0 Å². The summed E-state index contributed by atoms with van der Waals surface area (Å²) >= 11 is 1.62. The molecule has 3 rings (SSSR count). The lowest BCUT2D eigenvalue weighted by molar-refractivity contribution is 0.284. The van der Waals surface area contributed by atoms with Crippen LogP contribution in [0.3, 0.4) is 0 Å². The lowest BCUT2D eigenvalue weighted by Crippen LogP contribution is -2.16. The number of rotatable bonds is 5. The summed E-state index contributed by atoms with van der Waals surface area (Å²) in [5, 5.41) is 10.5. The van der Waals surface area contributed by atoms with E-state index < -0.39 is 0 Å². The van der Waals surface area contributed by atoms with E-state index in [1.807, 2.05) is 0 Å². The van der Waals surface area contributed by atoms with Crippen molar-refractivity contribution in [2.24, 2.45) is 0 Å². The maximum Gasteiger partial charge on any atom is 0.185 e. The molecule has 1 aliphatic carbocycles. The summed E-state index contributed by atoms with van der Waals surface area (Å²) < 4.78 is 0. The molecule has 0 saturated heterocycles. The summed E-state index contributed by atoms with van der Waals surface area (Å²) in [6, 6.07) is 8.56. The van der Waals surface area contributed by atoms with Gasteiger partial charge in [-0.1, -0.05) is 41.2 Å². The van der Waals surface area contributed by atoms with Gasteiger partial charge in [0.2, 0.25) is 0 Å².